The molecule has 1 heterocycles. The number of hydrogen-bond donors (Lipinski definition) is 2. The van der Waals surface area contributed by atoms with E-state index in [9.17, 15) is 4.79 Å². The Bertz CT molecular complexity index is 731. The van der Waals surface area contributed by atoms with Gasteiger partial charge in [0.05, 0.1) is 7.11 Å². The fourth-order valence-electron chi connectivity index (χ4n) is 1.94. The number of aliphatic imine (C=N–C) groups is 1. The van der Waals surface area contributed by atoms with Crippen molar-refractivity contribution in [1.29, 1.82) is 0 Å². The number of pyridine rings is 1. The van der Waals surface area contributed by atoms with Crippen molar-refractivity contribution in [2.45, 2.75) is 20.4 Å². The van der Waals surface area contributed by atoms with Gasteiger partial charge < -0.3 is 14.9 Å². The number of carbonyl (C=O) groups is 1. The molecule has 0 radical (unpaired) electrons. The number of hydroxylamine groups is 1. The molecule has 0 aliphatic heterocycles. The van der Waals surface area contributed by atoms with Crippen molar-refractivity contribution in [2.24, 2.45) is 4.99 Å². The van der Waals surface area contributed by atoms with Crippen LogP contribution in [0.5, 0.6) is 5.75 Å². The van der Waals surface area contributed by atoms with E-state index in [0.717, 1.165) is 16.9 Å². The third kappa shape index (κ3) is 5.28. The number of ether oxygens (including phenoxy) is 1. The van der Waals surface area contributed by atoms with Crippen molar-refractivity contribution in [1.82, 2.24) is 15.8 Å². The summed E-state index contributed by atoms with van der Waals surface area (Å²) in [4.78, 5) is 24.3. The van der Waals surface area contributed by atoms with Gasteiger partial charge in [0.25, 0.3) is 0 Å². The lowest BCUT2D eigenvalue weighted by atomic mass is 10.2. The normalized spacial score (nSPS) is 10.9. The van der Waals surface area contributed by atoms with Gasteiger partial charge in [0.2, 0.25) is 5.96 Å². The Balaban J connectivity index is 2.15. The molecule has 1 aromatic heterocycles. The zero-order chi connectivity index (χ0) is 17.4. The monoisotopic (exact) mass is 328 g/mol. The molecule has 0 aliphatic rings. The van der Waals surface area contributed by atoms with Gasteiger partial charge in [-0.3, -0.25) is 4.79 Å². The summed E-state index contributed by atoms with van der Waals surface area (Å²) in [5.41, 5.74) is 4.47. The van der Waals surface area contributed by atoms with Crippen LogP contribution in [0.4, 0.5) is 5.82 Å². The lowest BCUT2D eigenvalue weighted by molar-refractivity contribution is -0.145. The van der Waals surface area contributed by atoms with Crippen molar-refractivity contribution in [3.8, 4) is 5.75 Å². The topological polar surface area (TPSA) is 84.8 Å². The molecule has 0 amide bonds. The van der Waals surface area contributed by atoms with E-state index in [1.54, 1.807) is 13.3 Å². The molecule has 0 unspecified atom stereocenters. The molecule has 0 spiro atoms. The van der Waals surface area contributed by atoms with Crippen LogP contribution in [0.1, 0.15) is 18.1 Å². The number of nitrogens with one attached hydrogen (secondary N) is 2. The number of para-hydroxylation sites is 1. The molecule has 0 fully saturated rings. The van der Waals surface area contributed by atoms with E-state index in [4.69, 9.17) is 9.57 Å². The molecule has 0 saturated carbocycles. The molecule has 7 heteroatoms. The van der Waals surface area contributed by atoms with Gasteiger partial charge in [-0.1, -0.05) is 18.2 Å². The molecule has 24 heavy (non-hydrogen) atoms. The van der Waals surface area contributed by atoms with E-state index in [-0.39, 0.29) is 5.96 Å². The number of benzene rings is 1. The van der Waals surface area contributed by atoms with Gasteiger partial charge >= 0.3 is 5.97 Å². The summed E-state index contributed by atoms with van der Waals surface area (Å²) >= 11 is 0. The maximum absolute atomic E-state index is 11.0. The van der Waals surface area contributed by atoms with Crippen LogP contribution >= 0.6 is 0 Å². The van der Waals surface area contributed by atoms with Gasteiger partial charge in [-0.15, -0.1) is 0 Å². The first-order valence-electron chi connectivity index (χ1n) is 7.39. The highest BCUT2D eigenvalue weighted by Crippen LogP contribution is 2.16. The van der Waals surface area contributed by atoms with Crippen LogP contribution < -0.4 is 15.5 Å². The van der Waals surface area contributed by atoms with Crippen LogP contribution in [0.15, 0.2) is 47.6 Å². The van der Waals surface area contributed by atoms with Gasteiger partial charge in [0.15, 0.2) is 5.82 Å². The Morgan fingerprint density at radius 2 is 2.08 bits per heavy atom. The Labute approximate surface area is 140 Å². The van der Waals surface area contributed by atoms with Gasteiger partial charge in [-0.05, 0) is 30.7 Å². The molecule has 7 nitrogen and oxygen atoms in total. The second-order valence-electron chi connectivity index (χ2n) is 5.01. The van der Waals surface area contributed by atoms with Crippen LogP contribution in [0.3, 0.4) is 0 Å². The van der Waals surface area contributed by atoms with Gasteiger partial charge in [0, 0.05) is 25.2 Å². The number of guanidine groups is 1. The minimum atomic E-state index is -0.473. The van der Waals surface area contributed by atoms with Crippen molar-refractivity contribution in [3.63, 3.8) is 0 Å². The summed E-state index contributed by atoms with van der Waals surface area (Å²) < 4.78 is 5.31. The highest BCUT2D eigenvalue weighted by molar-refractivity contribution is 5.82. The third-order valence-corrected chi connectivity index (χ3v) is 3.06. The maximum Gasteiger partial charge on any atom is 0.329 e. The van der Waals surface area contributed by atoms with E-state index in [2.05, 4.69) is 20.8 Å². The average Bonchev–Trinajstić information content (AvgIpc) is 2.57. The number of rotatable bonds is 4. The Hall–Kier alpha value is -3.09. The zero-order valence-corrected chi connectivity index (χ0v) is 13.9. The summed E-state index contributed by atoms with van der Waals surface area (Å²) in [7, 11) is 1.61. The smallest absolute Gasteiger partial charge is 0.329 e. The predicted molar refractivity (Wildman–Crippen MR) is 90.8 cm³/mol. The molecule has 2 rings (SSSR count). The van der Waals surface area contributed by atoms with Crippen LogP contribution in [0.25, 0.3) is 0 Å². The molecule has 2 N–H and O–H groups in total. The Morgan fingerprint density at radius 3 is 2.79 bits per heavy atom. The number of hydrogen-bond acceptors (Lipinski definition) is 5. The predicted octanol–water partition coefficient (Wildman–Crippen LogP) is 2.24. The van der Waals surface area contributed by atoms with Crippen LogP contribution in [-0.2, 0) is 16.2 Å². The molecule has 0 atom stereocenters. The third-order valence-electron chi connectivity index (χ3n) is 3.06. The van der Waals surface area contributed by atoms with Gasteiger partial charge in [-0.25, -0.2) is 4.98 Å². The van der Waals surface area contributed by atoms with Crippen molar-refractivity contribution < 1.29 is 14.4 Å². The Morgan fingerprint density at radius 1 is 1.29 bits per heavy atom. The van der Waals surface area contributed by atoms with Gasteiger partial charge in [-0.2, -0.15) is 10.5 Å². The number of methoxy groups -OCH3 is 1. The summed E-state index contributed by atoms with van der Waals surface area (Å²) in [6, 6.07) is 11.3. The van der Waals surface area contributed by atoms with E-state index < -0.39 is 5.97 Å². The largest absolute Gasteiger partial charge is 0.496 e. The molecule has 0 aliphatic carbocycles. The van der Waals surface area contributed by atoms with E-state index in [1.165, 1.54) is 6.92 Å². The summed E-state index contributed by atoms with van der Waals surface area (Å²) in [6.45, 7) is 3.68. The summed E-state index contributed by atoms with van der Waals surface area (Å²) in [5, 5.41) is 3.08. The van der Waals surface area contributed by atoms with Crippen molar-refractivity contribution >= 4 is 17.7 Å². The minimum absolute atomic E-state index is 0.272. The molecule has 1 aromatic carbocycles. The molecular formula is C17H20N4O3. The van der Waals surface area contributed by atoms with Crippen LogP contribution in [-0.4, -0.2) is 24.0 Å². The first-order valence-corrected chi connectivity index (χ1v) is 7.39. The highest BCUT2D eigenvalue weighted by atomic mass is 16.7. The number of aryl methyl sites for hydroxylation is 1. The molecule has 2 aromatic rings. The highest BCUT2D eigenvalue weighted by Gasteiger charge is 2.06. The van der Waals surface area contributed by atoms with Gasteiger partial charge in [0.1, 0.15) is 5.75 Å². The minimum Gasteiger partial charge on any atom is -0.496 e. The standard InChI is InChI=1S/C17H20N4O3/c1-12-8-9-18-16(10-12)20-17(21-24-13(2)22)19-11-14-6-4-5-7-15(14)23-3/h4-10H,11H2,1-3H3,(H2,18,19,20,21). The lowest BCUT2D eigenvalue weighted by Crippen LogP contribution is -2.37. The fourth-order valence-corrected chi connectivity index (χ4v) is 1.94. The first-order chi connectivity index (χ1) is 11.6. The molecule has 0 saturated heterocycles. The molecular weight excluding hydrogens is 308 g/mol. The molecule has 126 valence electrons. The summed E-state index contributed by atoms with van der Waals surface area (Å²) in [5.74, 6) is 1.05. The zero-order valence-electron chi connectivity index (χ0n) is 13.9. The summed E-state index contributed by atoms with van der Waals surface area (Å²) in [6.07, 6.45) is 1.66. The molecule has 0 bridgehead atoms. The second kappa shape index (κ2) is 8.52. The van der Waals surface area contributed by atoms with E-state index in [0.29, 0.717) is 12.4 Å². The average molecular weight is 328 g/mol. The van der Waals surface area contributed by atoms with E-state index >= 15 is 0 Å². The van der Waals surface area contributed by atoms with Crippen molar-refractivity contribution in [2.75, 3.05) is 7.11 Å². The van der Waals surface area contributed by atoms with E-state index in [1.807, 2.05) is 43.3 Å². The van der Waals surface area contributed by atoms with Crippen LogP contribution in [0.2, 0.25) is 0 Å². The second-order valence-corrected chi connectivity index (χ2v) is 5.01. The fraction of sp³-hybridized carbons (Fsp3) is 0.235. The first kappa shape index (κ1) is 17.3. The Kier molecular flexibility index (Phi) is 6.13. The lowest BCUT2D eigenvalue weighted by Gasteiger charge is -2.13. The number of carbonyl (C=O) groups excluding carboxylic acids is 1. The SMILES string of the molecule is COc1ccccc1CNC(=Nc1cc(C)ccn1)NOC(C)=O. The number of aromatic nitrogens is 1. The van der Waals surface area contributed by atoms with Crippen LogP contribution in [0, 0.1) is 6.92 Å². The number of nitrogens with zero attached hydrogens (tertiary/aromatic N) is 2. The maximum atomic E-state index is 11.0. The quantitative estimate of drug-likeness (QED) is 0.509. The van der Waals surface area contributed by atoms with Crippen molar-refractivity contribution in [3.05, 3.63) is 53.7 Å².